The summed E-state index contributed by atoms with van der Waals surface area (Å²) in [6, 6.07) is 2.89. The van der Waals surface area contributed by atoms with E-state index in [1.807, 2.05) is 6.92 Å². The van der Waals surface area contributed by atoms with Crippen LogP contribution in [0.2, 0.25) is 0 Å². The summed E-state index contributed by atoms with van der Waals surface area (Å²) in [5.41, 5.74) is 0.326. The van der Waals surface area contributed by atoms with Gasteiger partial charge in [0.25, 0.3) is 0 Å². The third-order valence-corrected chi connectivity index (χ3v) is 5.09. The van der Waals surface area contributed by atoms with Gasteiger partial charge in [0.2, 0.25) is 5.56 Å². The third kappa shape index (κ3) is 3.53. The number of carbonyl (C=O) groups excluding carboxylic acids is 2. The van der Waals surface area contributed by atoms with Gasteiger partial charge in [0.15, 0.2) is 11.6 Å². The van der Waals surface area contributed by atoms with Gasteiger partial charge in [0.05, 0.1) is 9.88 Å². The first-order valence-corrected chi connectivity index (χ1v) is 8.67. The Hall–Kier alpha value is -2.74. The van der Waals surface area contributed by atoms with Crippen molar-refractivity contribution in [1.29, 1.82) is 0 Å². The van der Waals surface area contributed by atoms with E-state index in [-0.39, 0.29) is 35.2 Å². The molecule has 0 radical (unpaired) electrons. The summed E-state index contributed by atoms with van der Waals surface area (Å²) >= 11 is 1.32. The molecule has 0 aromatic carbocycles. The Kier molecular flexibility index (Phi) is 4.80. The van der Waals surface area contributed by atoms with Crippen LogP contribution in [0.25, 0.3) is 11.0 Å². The molecule has 0 aliphatic heterocycles. The maximum Gasteiger partial charge on any atom is 0.249 e. The standard InChI is InChI=1S/C17H16N4O3S/c1-3-11(22)13-7-18-17(25-13)9(2)6-12(23)15-10-4-5-14(24)21-16(10)20-8-19-15/h4-5,7-9H,3,6H2,1-2H3,(H,19,20,21,24)/t9-/m0/s1. The Labute approximate surface area is 147 Å². The van der Waals surface area contributed by atoms with Crippen LogP contribution in [-0.4, -0.2) is 31.5 Å². The Morgan fingerprint density at radius 1 is 1.20 bits per heavy atom. The smallest absolute Gasteiger partial charge is 0.249 e. The highest BCUT2D eigenvalue weighted by atomic mass is 32.1. The largest absolute Gasteiger partial charge is 0.306 e. The number of aromatic amines is 1. The molecule has 3 aromatic rings. The fourth-order valence-electron chi connectivity index (χ4n) is 2.47. The second kappa shape index (κ2) is 7.02. The molecular weight excluding hydrogens is 340 g/mol. The van der Waals surface area contributed by atoms with Crippen molar-refractivity contribution in [3.8, 4) is 0 Å². The zero-order valence-electron chi connectivity index (χ0n) is 13.8. The number of fused-ring (bicyclic) bond motifs is 1. The van der Waals surface area contributed by atoms with Gasteiger partial charge in [-0.15, -0.1) is 11.3 Å². The molecule has 128 valence electrons. The molecule has 3 rings (SSSR count). The predicted octanol–water partition coefficient (Wildman–Crippen LogP) is 2.74. The van der Waals surface area contributed by atoms with E-state index in [1.165, 1.54) is 23.7 Å². The maximum atomic E-state index is 12.7. The van der Waals surface area contributed by atoms with Crippen molar-refractivity contribution in [2.24, 2.45) is 0 Å². The first-order chi connectivity index (χ1) is 12.0. The highest BCUT2D eigenvalue weighted by Crippen LogP contribution is 2.27. The molecule has 1 N–H and O–H groups in total. The molecule has 3 heterocycles. The second-order valence-electron chi connectivity index (χ2n) is 5.67. The predicted molar refractivity (Wildman–Crippen MR) is 94.3 cm³/mol. The molecular formula is C17H16N4O3S. The Bertz CT molecular complexity index is 1010. The number of nitrogens with one attached hydrogen (secondary N) is 1. The van der Waals surface area contributed by atoms with E-state index in [0.29, 0.717) is 22.3 Å². The number of H-pyrrole nitrogens is 1. The normalized spacial score (nSPS) is 12.2. The Morgan fingerprint density at radius 3 is 2.76 bits per heavy atom. The molecule has 0 saturated carbocycles. The highest BCUT2D eigenvalue weighted by Gasteiger charge is 2.20. The maximum absolute atomic E-state index is 12.7. The van der Waals surface area contributed by atoms with E-state index in [0.717, 1.165) is 5.01 Å². The van der Waals surface area contributed by atoms with E-state index in [9.17, 15) is 14.4 Å². The van der Waals surface area contributed by atoms with Gasteiger partial charge in [-0.25, -0.2) is 15.0 Å². The average molecular weight is 356 g/mol. The zero-order valence-corrected chi connectivity index (χ0v) is 14.6. The summed E-state index contributed by atoms with van der Waals surface area (Å²) in [7, 11) is 0. The number of aromatic nitrogens is 4. The van der Waals surface area contributed by atoms with Crippen molar-refractivity contribution in [3.05, 3.63) is 50.6 Å². The summed E-state index contributed by atoms with van der Waals surface area (Å²) < 4.78 is 0. The Balaban J connectivity index is 1.83. The van der Waals surface area contributed by atoms with Crippen molar-refractivity contribution in [3.63, 3.8) is 0 Å². The average Bonchev–Trinajstić information content (AvgIpc) is 3.10. The fraction of sp³-hybridized carbons (Fsp3) is 0.294. The molecule has 3 aromatic heterocycles. The van der Waals surface area contributed by atoms with E-state index >= 15 is 0 Å². The number of ketones is 2. The van der Waals surface area contributed by atoms with Crippen LogP contribution >= 0.6 is 11.3 Å². The quantitative estimate of drug-likeness (QED) is 0.681. The SMILES string of the molecule is CCC(=O)c1cnc([C@@H](C)CC(=O)c2ncnc3[nH]c(=O)ccc23)s1. The van der Waals surface area contributed by atoms with Crippen molar-refractivity contribution in [2.75, 3.05) is 0 Å². The minimum atomic E-state index is -0.283. The molecule has 0 amide bonds. The lowest BCUT2D eigenvalue weighted by Gasteiger charge is -2.08. The number of nitrogens with zero attached hydrogens (tertiary/aromatic N) is 3. The van der Waals surface area contributed by atoms with Crippen LogP contribution in [0, 0.1) is 0 Å². The number of hydrogen-bond donors (Lipinski definition) is 1. The monoisotopic (exact) mass is 356 g/mol. The van der Waals surface area contributed by atoms with E-state index in [2.05, 4.69) is 19.9 Å². The molecule has 0 spiro atoms. The first-order valence-electron chi connectivity index (χ1n) is 7.85. The fourth-order valence-corrected chi connectivity index (χ4v) is 3.45. The minimum absolute atomic E-state index is 0.0491. The van der Waals surface area contributed by atoms with Gasteiger partial charge in [-0.05, 0) is 6.07 Å². The van der Waals surface area contributed by atoms with Crippen LogP contribution < -0.4 is 5.56 Å². The summed E-state index contributed by atoms with van der Waals surface area (Å²) in [6.07, 6.45) is 3.47. The molecule has 0 unspecified atom stereocenters. The summed E-state index contributed by atoms with van der Waals surface area (Å²) in [5.74, 6) is -0.248. The lowest BCUT2D eigenvalue weighted by Crippen LogP contribution is -2.11. The van der Waals surface area contributed by atoms with Gasteiger partial charge in [-0.3, -0.25) is 14.4 Å². The second-order valence-corrected chi connectivity index (χ2v) is 6.74. The number of thiazole rings is 1. The van der Waals surface area contributed by atoms with Crippen molar-refractivity contribution >= 4 is 33.9 Å². The van der Waals surface area contributed by atoms with Crippen molar-refractivity contribution < 1.29 is 9.59 Å². The van der Waals surface area contributed by atoms with Gasteiger partial charge in [-0.2, -0.15) is 0 Å². The molecule has 25 heavy (non-hydrogen) atoms. The number of pyridine rings is 1. The van der Waals surface area contributed by atoms with Crippen LogP contribution in [0.5, 0.6) is 0 Å². The van der Waals surface area contributed by atoms with E-state index < -0.39 is 0 Å². The van der Waals surface area contributed by atoms with E-state index in [4.69, 9.17) is 0 Å². The summed E-state index contributed by atoms with van der Waals surface area (Å²) in [4.78, 5) is 51.3. The zero-order chi connectivity index (χ0) is 18.0. The van der Waals surface area contributed by atoms with Crippen LogP contribution in [0.15, 0.2) is 29.5 Å². The molecule has 0 saturated heterocycles. The summed E-state index contributed by atoms with van der Waals surface area (Å²) in [6.45, 7) is 3.70. The highest BCUT2D eigenvalue weighted by molar-refractivity contribution is 7.13. The van der Waals surface area contributed by atoms with Crippen molar-refractivity contribution in [2.45, 2.75) is 32.6 Å². The minimum Gasteiger partial charge on any atom is -0.306 e. The van der Waals surface area contributed by atoms with E-state index in [1.54, 1.807) is 19.2 Å². The molecule has 0 aliphatic carbocycles. The van der Waals surface area contributed by atoms with Crippen LogP contribution in [0.4, 0.5) is 0 Å². The van der Waals surface area contributed by atoms with Crippen LogP contribution in [0.3, 0.4) is 0 Å². The first kappa shape index (κ1) is 17.1. The molecule has 1 atom stereocenters. The van der Waals surface area contributed by atoms with Gasteiger partial charge in [-0.1, -0.05) is 13.8 Å². The number of Topliss-reactive ketones (excluding diaryl/α,β-unsaturated/α-hetero) is 2. The third-order valence-electron chi connectivity index (χ3n) is 3.82. The van der Waals surface area contributed by atoms with Gasteiger partial charge < -0.3 is 4.98 Å². The molecule has 8 heteroatoms. The Morgan fingerprint density at radius 2 is 2.00 bits per heavy atom. The molecule has 0 bridgehead atoms. The molecule has 0 fully saturated rings. The van der Waals surface area contributed by atoms with Crippen molar-refractivity contribution in [1.82, 2.24) is 19.9 Å². The molecule has 7 nitrogen and oxygen atoms in total. The van der Waals surface area contributed by atoms with Gasteiger partial charge >= 0.3 is 0 Å². The molecule has 0 aliphatic rings. The lowest BCUT2D eigenvalue weighted by molar-refractivity contribution is 0.0969. The number of rotatable bonds is 6. The topological polar surface area (TPSA) is 106 Å². The summed E-state index contributed by atoms with van der Waals surface area (Å²) in [5, 5.41) is 1.26. The van der Waals surface area contributed by atoms with Gasteiger partial charge in [0, 0.05) is 36.4 Å². The lowest BCUT2D eigenvalue weighted by atomic mass is 10.0. The van der Waals surface area contributed by atoms with Crippen LogP contribution in [-0.2, 0) is 0 Å². The van der Waals surface area contributed by atoms with Crippen LogP contribution in [0.1, 0.15) is 57.8 Å². The number of hydrogen-bond acceptors (Lipinski definition) is 7. The number of carbonyl (C=O) groups is 2. The van der Waals surface area contributed by atoms with Gasteiger partial charge in [0.1, 0.15) is 17.7 Å².